The Morgan fingerprint density at radius 3 is 1.74 bits per heavy atom. The van der Waals surface area contributed by atoms with E-state index >= 15 is 0 Å². The van der Waals surface area contributed by atoms with Crippen LogP contribution in [-0.4, -0.2) is 13.1 Å². The van der Waals surface area contributed by atoms with Crippen molar-refractivity contribution in [2.24, 2.45) is 22.1 Å². The van der Waals surface area contributed by atoms with Crippen molar-refractivity contribution < 1.29 is 0 Å². The zero-order valence-corrected chi connectivity index (χ0v) is 23.8. The number of benzene rings is 2. The molecule has 2 rings (SSSR count). The monoisotopic (exact) mass is 510 g/mol. The van der Waals surface area contributed by atoms with E-state index in [1.165, 1.54) is 69.2 Å². The molecule has 38 heavy (non-hydrogen) atoms. The zero-order valence-electron chi connectivity index (χ0n) is 23.8. The van der Waals surface area contributed by atoms with Gasteiger partial charge < -0.3 is 4.90 Å². The molecule has 0 aromatic heterocycles. The molecule has 0 aliphatic rings. The van der Waals surface area contributed by atoms with Gasteiger partial charge in [-0.3, -0.25) is 0 Å². The van der Waals surface area contributed by atoms with E-state index in [2.05, 4.69) is 55.0 Å². The van der Waals surface area contributed by atoms with Crippen LogP contribution >= 0.6 is 0 Å². The van der Waals surface area contributed by atoms with Crippen LogP contribution in [0.15, 0.2) is 40.6 Å². The number of anilines is 1. The van der Waals surface area contributed by atoms with Gasteiger partial charge in [0.1, 0.15) is 17.8 Å². The summed E-state index contributed by atoms with van der Waals surface area (Å²) in [4.78, 5) is 2.57. The third-order valence-corrected chi connectivity index (χ3v) is 7.33. The second kappa shape index (κ2) is 16.2. The van der Waals surface area contributed by atoms with Crippen molar-refractivity contribution in [3.05, 3.63) is 52.6 Å². The summed E-state index contributed by atoms with van der Waals surface area (Å²) >= 11 is 0. The van der Waals surface area contributed by atoms with E-state index in [4.69, 9.17) is 0 Å². The first-order chi connectivity index (χ1) is 18.4. The van der Waals surface area contributed by atoms with Crippen molar-refractivity contribution in [3.8, 4) is 18.2 Å². The van der Waals surface area contributed by atoms with E-state index in [0.717, 1.165) is 18.7 Å². The molecule has 0 aliphatic carbocycles. The van der Waals surface area contributed by atoms with Crippen LogP contribution in [0.1, 0.15) is 101 Å². The largest absolute Gasteiger partial charge is 0.371 e. The Morgan fingerprint density at radius 1 is 0.763 bits per heavy atom. The molecule has 2 unspecified atom stereocenters. The molecule has 0 saturated heterocycles. The van der Waals surface area contributed by atoms with E-state index in [0.29, 0.717) is 17.5 Å². The second-order valence-electron chi connectivity index (χ2n) is 10.2. The van der Waals surface area contributed by atoms with Gasteiger partial charge in [0.15, 0.2) is 0 Å². The molecule has 0 bridgehead atoms. The smallest absolute Gasteiger partial charge is 0.121 e. The number of azo groups is 1. The predicted octanol–water partition coefficient (Wildman–Crippen LogP) is 9.26. The quantitative estimate of drug-likeness (QED) is 0.223. The number of nitriles is 3. The average molecular weight is 511 g/mol. The second-order valence-corrected chi connectivity index (χ2v) is 10.2. The maximum absolute atomic E-state index is 9.52. The molecule has 0 amide bonds. The van der Waals surface area contributed by atoms with Crippen molar-refractivity contribution >= 4 is 17.1 Å². The predicted molar refractivity (Wildman–Crippen MR) is 155 cm³/mol. The number of aryl methyl sites for hydroxylation is 1. The minimum Gasteiger partial charge on any atom is -0.371 e. The number of unbranched alkanes of at least 4 members (excludes halogenated alkanes) is 2. The third-order valence-electron chi connectivity index (χ3n) is 7.33. The molecule has 0 aliphatic heterocycles. The number of hydrogen-bond acceptors (Lipinski definition) is 6. The molecular weight excluding hydrogens is 468 g/mol. The lowest BCUT2D eigenvalue weighted by molar-refractivity contribution is 0.403. The van der Waals surface area contributed by atoms with Gasteiger partial charge in [-0.05, 0) is 67.5 Å². The first-order valence-electron chi connectivity index (χ1n) is 14.1. The van der Waals surface area contributed by atoms with Crippen molar-refractivity contribution in [1.82, 2.24) is 0 Å². The van der Waals surface area contributed by atoms with E-state index in [-0.39, 0.29) is 22.4 Å². The van der Waals surface area contributed by atoms with Crippen molar-refractivity contribution in [2.45, 2.75) is 86.0 Å². The van der Waals surface area contributed by atoms with Crippen LogP contribution in [0, 0.1) is 52.8 Å². The lowest BCUT2D eigenvalue weighted by atomic mass is 9.95. The Morgan fingerprint density at radius 2 is 1.32 bits per heavy atom. The molecule has 0 radical (unpaired) electrons. The first-order valence-corrected chi connectivity index (χ1v) is 14.1. The molecule has 6 nitrogen and oxygen atoms in total. The van der Waals surface area contributed by atoms with E-state index in [9.17, 15) is 15.8 Å². The number of hydrogen-bond donors (Lipinski definition) is 0. The Kier molecular flexibility index (Phi) is 13.0. The molecule has 200 valence electrons. The highest BCUT2D eigenvalue weighted by Crippen LogP contribution is 2.32. The highest BCUT2D eigenvalue weighted by atomic mass is 15.1. The molecule has 2 aromatic rings. The van der Waals surface area contributed by atoms with Crippen LogP contribution in [0.2, 0.25) is 0 Å². The van der Waals surface area contributed by atoms with Gasteiger partial charge in [-0.2, -0.15) is 20.9 Å². The fraction of sp³-hybridized carbons (Fsp3) is 0.531. The maximum Gasteiger partial charge on any atom is 0.121 e. The maximum atomic E-state index is 9.52. The first kappa shape index (κ1) is 30.5. The molecule has 2 atom stereocenters. The standard InChI is InChI=1S/C32H42N6/c1-6-10-12-25(8-3)22-38(23-26(9-4)13-11-7-2)30-14-15-31(24(5)16-30)36-37-32-28(20-34)17-27(19-33)18-29(32)21-35/h14-18,25-26H,6-13,22-23H2,1-5H3. The summed E-state index contributed by atoms with van der Waals surface area (Å²) in [6.45, 7) is 13.3. The van der Waals surface area contributed by atoms with Gasteiger partial charge in [-0.15, -0.1) is 5.11 Å². The van der Waals surface area contributed by atoms with Gasteiger partial charge in [0.25, 0.3) is 0 Å². The van der Waals surface area contributed by atoms with Gasteiger partial charge in [0.2, 0.25) is 0 Å². The van der Waals surface area contributed by atoms with E-state index < -0.39 is 0 Å². The van der Waals surface area contributed by atoms with Crippen LogP contribution < -0.4 is 4.90 Å². The highest BCUT2D eigenvalue weighted by Gasteiger charge is 2.18. The molecule has 6 heteroatoms. The number of nitrogens with zero attached hydrogens (tertiary/aromatic N) is 6. The highest BCUT2D eigenvalue weighted by molar-refractivity contribution is 5.66. The summed E-state index contributed by atoms with van der Waals surface area (Å²) in [7, 11) is 0. The average Bonchev–Trinajstić information content (AvgIpc) is 2.95. The topological polar surface area (TPSA) is 99.3 Å². The summed E-state index contributed by atoms with van der Waals surface area (Å²) in [5.41, 5.74) is 3.68. The Labute approximate surface area is 229 Å². The summed E-state index contributed by atoms with van der Waals surface area (Å²) in [5.74, 6) is 1.34. The SMILES string of the molecule is CCCCC(CC)CN(CC(CC)CCCC)c1ccc(N=Nc2c(C#N)cc(C#N)cc2C#N)c(C)c1. The minimum atomic E-state index is 0.167. The molecule has 2 aromatic carbocycles. The van der Waals surface area contributed by atoms with Crippen LogP contribution in [0.5, 0.6) is 0 Å². The Bertz CT molecular complexity index is 1140. The summed E-state index contributed by atoms with van der Waals surface area (Å²) < 4.78 is 0. The van der Waals surface area contributed by atoms with Gasteiger partial charge in [-0.1, -0.05) is 66.2 Å². The van der Waals surface area contributed by atoms with E-state index in [1.807, 2.05) is 31.2 Å². The summed E-state index contributed by atoms with van der Waals surface area (Å²) in [6, 6.07) is 15.2. The van der Waals surface area contributed by atoms with Crippen LogP contribution in [-0.2, 0) is 0 Å². The lowest BCUT2D eigenvalue weighted by Crippen LogP contribution is -2.34. The van der Waals surface area contributed by atoms with Gasteiger partial charge in [0, 0.05) is 18.8 Å². The fourth-order valence-electron chi connectivity index (χ4n) is 4.77. The molecule has 0 fully saturated rings. The van der Waals surface area contributed by atoms with Gasteiger partial charge in [-0.25, -0.2) is 0 Å². The van der Waals surface area contributed by atoms with Crippen LogP contribution in [0.3, 0.4) is 0 Å². The Balaban J connectivity index is 2.38. The van der Waals surface area contributed by atoms with Crippen molar-refractivity contribution in [1.29, 1.82) is 15.8 Å². The number of rotatable bonds is 15. The molecule has 0 saturated carbocycles. The van der Waals surface area contributed by atoms with Gasteiger partial charge in [0.05, 0.1) is 28.4 Å². The third kappa shape index (κ3) is 8.71. The molecular formula is C32H42N6. The molecule has 0 heterocycles. The van der Waals surface area contributed by atoms with Crippen LogP contribution in [0.25, 0.3) is 0 Å². The molecule has 0 N–H and O–H groups in total. The van der Waals surface area contributed by atoms with E-state index in [1.54, 1.807) is 0 Å². The Hall–Kier alpha value is -3.69. The van der Waals surface area contributed by atoms with Crippen molar-refractivity contribution in [3.63, 3.8) is 0 Å². The normalized spacial score (nSPS) is 12.5. The summed E-state index contributed by atoms with van der Waals surface area (Å²) in [5, 5.41) is 36.9. The van der Waals surface area contributed by atoms with Gasteiger partial charge >= 0.3 is 0 Å². The van der Waals surface area contributed by atoms with Crippen LogP contribution in [0.4, 0.5) is 17.1 Å². The fourth-order valence-corrected chi connectivity index (χ4v) is 4.77. The molecule has 0 spiro atoms. The lowest BCUT2D eigenvalue weighted by Gasteiger charge is -2.33. The summed E-state index contributed by atoms with van der Waals surface area (Å²) in [6.07, 6.45) is 9.86. The van der Waals surface area contributed by atoms with Crippen molar-refractivity contribution in [2.75, 3.05) is 18.0 Å². The zero-order chi connectivity index (χ0) is 27.9. The minimum absolute atomic E-state index is 0.167.